The fourth-order valence-corrected chi connectivity index (χ4v) is 2.84. The molecule has 0 atom stereocenters. The Hall–Kier alpha value is -2.36. The van der Waals surface area contributed by atoms with E-state index >= 15 is 0 Å². The molecule has 4 heteroatoms. The van der Waals surface area contributed by atoms with Crippen molar-refractivity contribution in [2.24, 2.45) is 0 Å². The molecule has 0 aromatic heterocycles. The summed E-state index contributed by atoms with van der Waals surface area (Å²) in [5, 5.41) is 2.81. The predicted octanol–water partition coefficient (Wildman–Crippen LogP) is 3.05. The molecule has 0 aliphatic heterocycles. The van der Waals surface area contributed by atoms with E-state index in [9.17, 15) is 9.18 Å². The maximum Gasteiger partial charge on any atom is 0.257 e. The highest BCUT2D eigenvalue weighted by Crippen LogP contribution is 2.25. The first-order valence-electron chi connectivity index (χ1n) is 7.96. The average molecular weight is 313 g/mol. The number of aryl methyl sites for hydroxylation is 2. The maximum atomic E-state index is 12.8. The molecule has 3 rings (SSSR count). The lowest BCUT2D eigenvalue weighted by molar-refractivity contribution is -0.123. The number of fused-ring (bicyclic) bond motifs is 1. The van der Waals surface area contributed by atoms with E-state index in [4.69, 9.17) is 4.74 Å². The number of nitrogens with one attached hydrogen (secondary N) is 1. The van der Waals surface area contributed by atoms with E-state index in [0.717, 1.165) is 24.2 Å². The van der Waals surface area contributed by atoms with Crippen LogP contribution in [0.3, 0.4) is 0 Å². The fraction of sp³-hybridized carbons (Fsp3) is 0.316. The Morgan fingerprint density at radius 2 is 1.87 bits per heavy atom. The number of benzene rings is 2. The number of hydrogen-bond acceptors (Lipinski definition) is 2. The van der Waals surface area contributed by atoms with Crippen molar-refractivity contribution in [2.45, 2.75) is 25.7 Å². The van der Waals surface area contributed by atoms with Crippen LogP contribution in [0.15, 0.2) is 42.5 Å². The minimum Gasteiger partial charge on any atom is -0.484 e. The van der Waals surface area contributed by atoms with Crippen molar-refractivity contribution in [3.05, 3.63) is 65.0 Å². The van der Waals surface area contributed by atoms with E-state index in [1.165, 1.54) is 29.7 Å². The minimum absolute atomic E-state index is 0.0161. The molecule has 1 N–H and O–H groups in total. The van der Waals surface area contributed by atoms with E-state index < -0.39 is 0 Å². The summed E-state index contributed by atoms with van der Waals surface area (Å²) in [7, 11) is 0. The number of hydrogen-bond donors (Lipinski definition) is 1. The van der Waals surface area contributed by atoms with Crippen LogP contribution in [-0.4, -0.2) is 19.1 Å². The zero-order valence-electron chi connectivity index (χ0n) is 13.0. The van der Waals surface area contributed by atoms with Crippen molar-refractivity contribution in [2.75, 3.05) is 13.2 Å². The van der Waals surface area contributed by atoms with Crippen molar-refractivity contribution in [3.8, 4) is 5.75 Å². The Bertz CT molecular complexity index is 682. The number of amides is 1. The van der Waals surface area contributed by atoms with E-state index in [2.05, 4.69) is 11.4 Å². The molecule has 0 saturated carbocycles. The largest absolute Gasteiger partial charge is 0.484 e. The molecular weight excluding hydrogens is 293 g/mol. The number of ether oxygens (including phenoxy) is 1. The van der Waals surface area contributed by atoms with Gasteiger partial charge in [0.05, 0.1) is 0 Å². The van der Waals surface area contributed by atoms with Crippen molar-refractivity contribution < 1.29 is 13.9 Å². The molecule has 0 fully saturated rings. The smallest absolute Gasteiger partial charge is 0.257 e. The second-order valence-corrected chi connectivity index (χ2v) is 5.80. The fourth-order valence-electron chi connectivity index (χ4n) is 2.84. The summed E-state index contributed by atoms with van der Waals surface area (Å²) < 4.78 is 18.3. The Balaban J connectivity index is 1.40. The van der Waals surface area contributed by atoms with Gasteiger partial charge in [0.15, 0.2) is 6.61 Å². The molecule has 1 aliphatic carbocycles. The third kappa shape index (κ3) is 4.31. The third-order valence-corrected chi connectivity index (χ3v) is 4.09. The van der Waals surface area contributed by atoms with Crippen LogP contribution in [0.4, 0.5) is 4.39 Å². The second-order valence-electron chi connectivity index (χ2n) is 5.80. The summed E-state index contributed by atoms with van der Waals surface area (Å²) >= 11 is 0. The van der Waals surface area contributed by atoms with Crippen LogP contribution >= 0.6 is 0 Å². The molecule has 0 spiro atoms. The van der Waals surface area contributed by atoms with Gasteiger partial charge in [0.1, 0.15) is 11.6 Å². The summed E-state index contributed by atoms with van der Waals surface area (Å²) in [5.74, 6) is 0.354. The van der Waals surface area contributed by atoms with E-state index in [0.29, 0.717) is 13.0 Å². The lowest BCUT2D eigenvalue weighted by Crippen LogP contribution is -2.30. The van der Waals surface area contributed by atoms with Crippen molar-refractivity contribution >= 4 is 5.91 Å². The Labute approximate surface area is 135 Å². The van der Waals surface area contributed by atoms with Gasteiger partial charge in [-0.3, -0.25) is 4.79 Å². The normalized spacial score (nSPS) is 12.7. The highest BCUT2D eigenvalue weighted by molar-refractivity contribution is 5.77. The molecule has 0 radical (unpaired) electrons. The molecule has 2 aromatic rings. The molecule has 0 bridgehead atoms. The van der Waals surface area contributed by atoms with Gasteiger partial charge in [-0.15, -0.1) is 0 Å². The van der Waals surface area contributed by atoms with E-state index in [1.807, 2.05) is 12.1 Å². The van der Waals surface area contributed by atoms with Crippen LogP contribution in [0.25, 0.3) is 0 Å². The van der Waals surface area contributed by atoms with E-state index in [-0.39, 0.29) is 18.3 Å². The molecule has 120 valence electrons. The summed E-state index contributed by atoms with van der Waals surface area (Å²) in [6.07, 6.45) is 4.10. The molecule has 1 amide bonds. The Morgan fingerprint density at radius 3 is 2.70 bits per heavy atom. The minimum atomic E-state index is -0.250. The number of carbonyl (C=O) groups excluding carboxylic acids is 1. The second kappa shape index (κ2) is 7.27. The van der Waals surface area contributed by atoms with Gasteiger partial charge in [0.25, 0.3) is 5.91 Å². The molecular formula is C19H20FNO2. The number of rotatable bonds is 6. The van der Waals surface area contributed by atoms with Crippen molar-refractivity contribution in [3.63, 3.8) is 0 Å². The van der Waals surface area contributed by atoms with Crippen LogP contribution in [0.5, 0.6) is 5.75 Å². The topological polar surface area (TPSA) is 38.3 Å². The Morgan fingerprint density at radius 1 is 1.09 bits per heavy atom. The third-order valence-electron chi connectivity index (χ3n) is 4.09. The molecule has 0 unspecified atom stereocenters. The Kier molecular flexibility index (Phi) is 4.91. The zero-order valence-corrected chi connectivity index (χ0v) is 13.0. The first kappa shape index (κ1) is 15.5. The van der Waals surface area contributed by atoms with Crippen LogP contribution in [-0.2, 0) is 24.1 Å². The van der Waals surface area contributed by atoms with E-state index in [1.54, 1.807) is 12.1 Å². The first-order chi connectivity index (χ1) is 11.2. The van der Waals surface area contributed by atoms with Crippen LogP contribution < -0.4 is 10.1 Å². The van der Waals surface area contributed by atoms with Crippen LogP contribution in [0.1, 0.15) is 23.1 Å². The molecule has 0 heterocycles. The van der Waals surface area contributed by atoms with Crippen molar-refractivity contribution in [1.82, 2.24) is 5.32 Å². The summed E-state index contributed by atoms with van der Waals surface area (Å²) in [6, 6.07) is 12.3. The standard InChI is InChI=1S/C19H20FNO2/c20-17-7-4-14(5-8-17)10-11-21-19(22)13-23-18-9-6-15-2-1-3-16(15)12-18/h4-9,12H,1-3,10-11,13H2,(H,21,22). The number of halogens is 1. The molecule has 1 aliphatic rings. The molecule has 2 aromatic carbocycles. The lowest BCUT2D eigenvalue weighted by Gasteiger charge is -2.09. The average Bonchev–Trinajstić information content (AvgIpc) is 3.02. The monoisotopic (exact) mass is 313 g/mol. The summed E-state index contributed by atoms with van der Waals surface area (Å²) in [4.78, 5) is 11.8. The van der Waals surface area contributed by atoms with Gasteiger partial charge in [0, 0.05) is 6.54 Å². The molecule has 0 saturated heterocycles. The van der Waals surface area contributed by atoms with Gasteiger partial charge in [-0.1, -0.05) is 18.2 Å². The van der Waals surface area contributed by atoms with Crippen LogP contribution in [0, 0.1) is 5.82 Å². The highest BCUT2D eigenvalue weighted by atomic mass is 19.1. The summed E-state index contributed by atoms with van der Waals surface area (Å²) in [5.41, 5.74) is 3.71. The zero-order chi connectivity index (χ0) is 16.1. The summed E-state index contributed by atoms with van der Waals surface area (Å²) in [6.45, 7) is 0.528. The maximum absolute atomic E-state index is 12.8. The highest BCUT2D eigenvalue weighted by Gasteiger charge is 2.11. The lowest BCUT2D eigenvalue weighted by atomic mass is 10.1. The predicted molar refractivity (Wildman–Crippen MR) is 87.1 cm³/mol. The molecule has 3 nitrogen and oxygen atoms in total. The number of carbonyl (C=O) groups is 1. The SMILES string of the molecule is O=C(COc1ccc2c(c1)CCC2)NCCc1ccc(F)cc1. The van der Waals surface area contributed by atoms with Gasteiger partial charge in [0.2, 0.25) is 0 Å². The van der Waals surface area contributed by atoms with Gasteiger partial charge >= 0.3 is 0 Å². The quantitative estimate of drug-likeness (QED) is 0.890. The molecule has 23 heavy (non-hydrogen) atoms. The first-order valence-corrected chi connectivity index (χ1v) is 7.96. The van der Waals surface area contributed by atoms with Crippen LogP contribution in [0.2, 0.25) is 0 Å². The van der Waals surface area contributed by atoms with Gasteiger partial charge in [-0.2, -0.15) is 0 Å². The van der Waals surface area contributed by atoms with Crippen molar-refractivity contribution in [1.29, 1.82) is 0 Å². The van der Waals surface area contributed by atoms with Gasteiger partial charge in [-0.05, 0) is 66.6 Å². The van der Waals surface area contributed by atoms with Gasteiger partial charge < -0.3 is 10.1 Å². The van der Waals surface area contributed by atoms with Gasteiger partial charge in [-0.25, -0.2) is 4.39 Å².